The highest BCUT2D eigenvalue weighted by Gasteiger charge is 2.21. The van der Waals surface area contributed by atoms with Gasteiger partial charge in [0.05, 0.1) is 22.3 Å². The normalized spacial score (nSPS) is 10.8. The highest BCUT2D eigenvalue weighted by atomic mass is 16.6. The number of nitro benzene ring substituents is 1. The van der Waals surface area contributed by atoms with Gasteiger partial charge in [0, 0.05) is 18.7 Å². The molecule has 3 rings (SSSR count). The molecule has 128 valence electrons. The first-order valence-electron chi connectivity index (χ1n) is 8.00. The number of fused-ring (bicyclic) bond motifs is 1. The Bertz CT molecular complexity index is 933. The number of hydrogen-bond donors (Lipinski definition) is 1. The average Bonchev–Trinajstić information content (AvgIpc) is 3.01. The van der Waals surface area contributed by atoms with E-state index in [0.717, 1.165) is 11.0 Å². The predicted molar refractivity (Wildman–Crippen MR) is 94.5 cm³/mol. The maximum Gasteiger partial charge on any atom is 0.285 e. The van der Waals surface area contributed by atoms with E-state index in [1.54, 1.807) is 25.4 Å². The number of aryl methyl sites for hydroxylation is 2. The number of nitrogens with zero attached hydrogens (tertiary/aromatic N) is 3. The second kappa shape index (κ2) is 7.12. The average molecular weight is 338 g/mol. The van der Waals surface area contributed by atoms with E-state index in [-0.39, 0.29) is 11.3 Å². The highest BCUT2D eigenvalue weighted by Crippen LogP contribution is 2.22. The molecule has 0 unspecified atom stereocenters. The van der Waals surface area contributed by atoms with Gasteiger partial charge in [0.1, 0.15) is 5.56 Å². The third-order valence-electron chi connectivity index (χ3n) is 4.05. The van der Waals surface area contributed by atoms with Crippen LogP contribution in [0.2, 0.25) is 0 Å². The number of nitro groups is 1. The van der Waals surface area contributed by atoms with Crippen LogP contribution >= 0.6 is 0 Å². The summed E-state index contributed by atoms with van der Waals surface area (Å²) >= 11 is 0. The molecule has 0 spiro atoms. The fraction of sp³-hybridized carbons (Fsp3) is 0.222. The number of nitrogens with one attached hydrogen (secondary N) is 1. The monoisotopic (exact) mass is 338 g/mol. The summed E-state index contributed by atoms with van der Waals surface area (Å²) in [5.41, 5.74) is 2.41. The first kappa shape index (κ1) is 16.6. The van der Waals surface area contributed by atoms with Crippen LogP contribution in [-0.2, 0) is 6.54 Å². The molecule has 0 saturated heterocycles. The minimum Gasteiger partial charge on any atom is -0.352 e. The molecule has 0 fully saturated rings. The summed E-state index contributed by atoms with van der Waals surface area (Å²) in [6, 6.07) is 12.6. The standard InChI is InChI=1S/C18H18N4O3/c1-13-6-4-7-14(17(13)22(24)25)18(23)19-10-5-11-21-12-20-15-8-2-3-9-16(15)21/h2-4,6-9,12H,5,10-11H2,1H3,(H,19,23). The quantitative estimate of drug-likeness (QED) is 0.425. The molecule has 0 bridgehead atoms. The Hall–Kier alpha value is -3.22. The van der Waals surface area contributed by atoms with Crippen LogP contribution in [0.15, 0.2) is 48.8 Å². The molecule has 1 aromatic heterocycles. The zero-order chi connectivity index (χ0) is 17.8. The van der Waals surface area contributed by atoms with Crippen molar-refractivity contribution in [3.05, 3.63) is 70.0 Å². The Labute approximate surface area is 144 Å². The molecule has 0 aliphatic rings. The number of benzene rings is 2. The van der Waals surface area contributed by atoms with E-state index < -0.39 is 10.8 Å². The third-order valence-corrected chi connectivity index (χ3v) is 4.05. The van der Waals surface area contributed by atoms with Crippen molar-refractivity contribution >= 4 is 22.6 Å². The molecule has 0 atom stereocenters. The molecule has 7 heteroatoms. The second-order valence-electron chi connectivity index (χ2n) is 5.76. The van der Waals surface area contributed by atoms with Gasteiger partial charge in [0.15, 0.2) is 0 Å². The Morgan fingerprint density at radius 3 is 2.84 bits per heavy atom. The molecule has 1 amide bonds. The zero-order valence-electron chi connectivity index (χ0n) is 13.8. The number of rotatable bonds is 6. The molecule has 0 aliphatic heterocycles. The highest BCUT2D eigenvalue weighted by molar-refractivity contribution is 5.98. The smallest absolute Gasteiger partial charge is 0.285 e. The van der Waals surface area contributed by atoms with Crippen LogP contribution in [0.3, 0.4) is 0 Å². The van der Waals surface area contributed by atoms with Crippen LogP contribution < -0.4 is 5.32 Å². The predicted octanol–water partition coefficient (Wildman–Crippen LogP) is 3.07. The number of aromatic nitrogens is 2. The van der Waals surface area contributed by atoms with E-state index in [4.69, 9.17) is 0 Å². The van der Waals surface area contributed by atoms with Gasteiger partial charge in [-0.2, -0.15) is 0 Å². The van der Waals surface area contributed by atoms with Crippen LogP contribution in [0.4, 0.5) is 5.69 Å². The lowest BCUT2D eigenvalue weighted by molar-refractivity contribution is -0.385. The lowest BCUT2D eigenvalue weighted by Crippen LogP contribution is -2.26. The molecule has 1 N–H and O–H groups in total. The van der Waals surface area contributed by atoms with Gasteiger partial charge in [-0.1, -0.05) is 24.3 Å². The van der Waals surface area contributed by atoms with E-state index in [1.807, 2.05) is 28.8 Å². The van der Waals surface area contributed by atoms with Crippen molar-refractivity contribution in [1.29, 1.82) is 0 Å². The van der Waals surface area contributed by atoms with Crippen LogP contribution in [0.1, 0.15) is 22.3 Å². The van der Waals surface area contributed by atoms with Crippen molar-refractivity contribution < 1.29 is 9.72 Å². The van der Waals surface area contributed by atoms with E-state index in [2.05, 4.69) is 10.3 Å². The van der Waals surface area contributed by atoms with E-state index in [1.165, 1.54) is 6.07 Å². The summed E-state index contributed by atoms with van der Waals surface area (Å²) < 4.78 is 2.02. The Kier molecular flexibility index (Phi) is 4.74. The van der Waals surface area contributed by atoms with Gasteiger partial charge in [0.2, 0.25) is 0 Å². The molecule has 0 radical (unpaired) electrons. The summed E-state index contributed by atoms with van der Waals surface area (Å²) in [5.74, 6) is -0.425. The maximum absolute atomic E-state index is 12.3. The van der Waals surface area contributed by atoms with Gasteiger partial charge >= 0.3 is 0 Å². The summed E-state index contributed by atoms with van der Waals surface area (Å²) in [6.45, 7) is 2.76. The molecular weight excluding hydrogens is 320 g/mol. The van der Waals surface area contributed by atoms with E-state index in [0.29, 0.717) is 25.1 Å². The van der Waals surface area contributed by atoms with Crippen molar-refractivity contribution in [2.24, 2.45) is 0 Å². The van der Waals surface area contributed by atoms with Crippen molar-refractivity contribution in [3.8, 4) is 0 Å². The van der Waals surface area contributed by atoms with Gasteiger partial charge < -0.3 is 9.88 Å². The van der Waals surface area contributed by atoms with Gasteiger partial charge in [-0.25, -0.2) is 4.98 Å². The van der Waals surface area contributed by atoms with Gasteiger partial charge in [0.25, 0.3) is 11.6 Å². The number of amides is 1. The van der Waals surface area contributed by atoms with Crippen LogP contribution in [0.25, 0.3) is 11.0 Å². The van der Waals surface area contributed by atoms with E-state index >= 15 is 0 Å². The molecule has 3 aromatic rings. The zero-order valence-corrected chi connectivity index (χ0v) is 13.8. The fourth-order valence-electron chi connectivity index (χ4n) is 2.82. The summed E-state index contributed by atoms with van der Waals surface area (Å²) in [7, 11) is 0. The van der Waals surface area contributed by atoms with E-state index in [9.17, 15) is 14.9 Å². The lowest BCUT2D eigenvalue weighted by Gasteiger charge is -2.08. The minimum absolute atomic E-state index is 0.0954. The minimum atomic E-state index is -0.512. The molecule has 0 aliphatic carbocycles. The van der Waals surface area contributed by atoms with Crippen molar-refractivity contribution in [2.75, 3.05) is 6.54 Å². The van der Waals surface area contributed by atoms with Crippen LogP contribution in [-0.4, -0.2) is 26.9 Å². The molecule has 1 heterocycles. The number of carbonyl (C=O) groups is 1. The van der Waals surface area contributed by atoms with Crippen molar-refractivity contribution in [1.82, 2.24) is 14.9 Å². The number of carbonyl (C=O) groups excluding carboxylic acids is 1. The van der Waals surface area contributed by atoms with Crippen LogP contribution in [0.5, 0.6) is 0 Å². The maximum atomic E-state index is 12.3. The molecule has 25 heavy (non-hydrogen) atoms. The largest absolute Gasteiger partial charge is 0.352 e. The molecular formula is C18H18N4O3. The summed E-state index contributed by atoms with van der Waals surface area (Å²) in [6.07, 6.45) is 2.48. The fourth-order valence-corrected chi connectivity index (χ4v) is 2.82. The first-order valence-corrected chi connectivity index (χ1v) is 8.00. The Balaban J connectivity index is 1.60. The molecule has 7 nitrogen and oxygen atoms in total. The van der Waals surface area contributed by atoms with Crippen molar-refractivity contribution in [3.63, 3.8) is 0 Å². The van der Waals surface area contributed by atoms with Crippen LogP contribution in [0, 0.1) is 17.0 Å². The Morgan fingerprint density at radius 1 is 1.24 bits per heavy atom. The second-order valence-corrected chi connectivity index (χ2v) is 5.76. The van der Waals surface area contributed by atoms with Crippen molar-refractivity contribution in [2.45, 2.75) is 19.9 Å². The number of para-hydroxylation sites is 3. The lowest BCUT2D eigenvalue weighted by atomic mass is 10.1. The first-order chi connectivity index (χ1) is 12.1. The van der Waals surface area contributed by atoms with Gasteiger partial charge in [-0.05, 0) is 31.5 Å². The number of imidazole rings is 1. The third kappa shape index (κ3) is 3.50. The summed E-state index contributed by atoms with van der Waals surface area (Å²) in [5, 5.41) is 13.9. The Morgan fingerprint density at radius 2 is 2.04 bits per heavy atom. The van der Waals surface area contributed by atoms with Gasteiger partial charge in [-0.15, -0.1) is 0 Å². The SMILES string of the molecule is Cc1cccc(C(=O)NCCCn2cnc3ccccc32)c1[N+](=O)[O-]. The number of hydrogen-bond acceptors (Lipinski definition) is 4. The van der Waals surface area contributed by atoms with Gasteiger partial charge in [-0.3, -0.25) is 14.9 Å². The molecule has 2 aromatic carbocycles. The summed E-state index contributed by atoms with van der Waals surface area (Å²) in [4.78, 5) is 27.2. The topological polar surface area (TPSA) is 90.1 Å². The molecule has 0 saturated carbocycles.